The van der Waals surface area contributed by atoms with Gasteiger partial charge in [-0.15, -0.1) is 0 Å². The molecule has 1 aliphatic heterocycles. The van der Waals surface area contributed by atoms with Crippen LogP contribution in [0.2, 0.25) is 5.02 Å². The fourth-order valence-electron chi connectivity index (χ4n) is 1.90. The topological polar surface area (TPSA) is 30.5 Å². The molecule has 0 aromatic heterocycles. The molecule has 1 aliphatic rings. The summed E-state index contributed by atoms with van der Waals surface area (Å²) in [5.74, 6) is 0.906. The summed E-state index contributed by atoms with van der Waals surface area (Å²) in [4.78, 5) is 0. The van der Waals surface area contributed by atoms with Crippen molar-refractivity contribution in [1.29, 1.82) is 0 Å². The third kappa shape index (κ3) is 3.87. The molecule has 1 heterocycles. The zero-order valence-corrected chi connectivity index (χ0v) is 11.7. The minimum atomic E-state index is 0.170. The molecule has 1 N–H and O–H groups in total. The van der Waals surface area contributed by atoms with Crippen LogP contribution in [0.1, 0.15) is 25.8 Å². The predicted molar refractivity (Wildman–Crippen MR) is 73.3 cm³/mol. The Morgan fingerprint density at radius 2 is 2.33 bits per heavy atom. The first-order valence-corrected chi connectivity index (χ1v) is 6.79. The number of rotatable bonds is 5. The molecule has 1 fully saturated rings. The van der Waals surface area contributed by atoms with Gasteiger partial charge in [-0.25, -0.2) is 0 Å². The van der Waals surface area contributed by atoms with Crippen LogP contribution >= 0.6 is 11.6 Å². The SMILES string of the molecule is CC(C)NCc1cc(Cl)ccc1OC1CCOC1. The molecule has 0 amide bonds. The first-order valence-electron chi connectivity index (χ1n) is 6.41. The Morgan fingerprint density at radius 1 is 1.50 bits per heavy atom. The van der Waals surface area contributed by atoms with Gasteiger partial charge in [-0.3, -0.25) is 0 Å². The van der Waals surface area contributed by atoms with Crippen molar-refractivity contribution in [3.8, 4) is 5.75 Å². The van der Waals surface area contributed by atoms with E-state index in [1.54, 1.807) is 0 Å². The first kappa shape index (κ1) is 13.7. The number of hydrogen-bond donors (Lipinski definition) is 1. The Kier molecular flexibility index (Phi) is 4.87. The van der Waals surface area contributed by atoms with Crippen molar-refractivity contribution in [2.45, 2.75) is 39.0 Å². The lowest BCUT2D eigenvalue weighted by molar-refractivity contribution is 0.140. The van der Waals surface area contributed by atoms with Crippen LogP contribution in [0, 0.1) is 0 Å². The van der Waals surface area contributed by atoms with Gasteiger partial charge in [0.05, 0.1) is 13.2 Å². The fourth-order valence-corrected chi connectivity index (χ4v) is 2.10. The highest BCUT2D eigenvalue weighted by Crippen LogP contribution is 2.25. The van der Waals surface area contributed by atoms with E-state index in [1.165, 1.54) is 0 Å². The molecule has 1 saturated heterocycles. The number of ether oxygens (including phenoxy) is 2. The summed E-state index contributed by atoms with van der Waals surface area (Å²) in [6.45, 7) is 6.48. The summed E-state index contributed by atoms with van der Waals surface area (Å²) in [6, 6.07) is 6.21. The van der Waals surface area contributed by atoms with E-state index in [9.17, 15) is 0 Å². The molecule has 1 aromatic carbocycles. The van der Waals surface area contributed by atoms with Crippen LogP contribution in [0.3, 0.4) is 0 Å². The van der Waals surface area contributed by atoms with Crippen molar-refractivity contribution in [2.75, 3.05) is 13.2 Å². The first-order chi connectivity index (χ1) is 8.65. The third-order valence-corrected chi connectivity index (χ3v) is 3.14. The molecule has 100 valence electrons. The van der Waals surface area contributed by atoms with Gasteiger partial charge >= 0.3 is 0 Å². The molecule has 0 aliphatic carbocycles. The minimum Gasteiger partial charge on any atom is -0.488 e. The van der Waals surface area contributed by atoms with Gasteiger partial charge in [0.1, 0.15) is 11.9 Å². The van der Waals surface area contributed by atoms with Crippen molar-refractivity contribution in [1.82, 2.24) is 5.32 Å². The Labute approximate surface area is 113 Å². The lowest BCUT2D eigenvalue weighted by Crippen LogP contribution is -2.23. The van der Waals surface area contributed by atoms with Crippen LogP contribution in [0.25, 0.3) is 0 Å². The minimum absolute atomic E-state index is 0.170. The Bertz CT molecular complexity index is 389. The van der Waals surface area contributed by atoms with Gasteiger partial charge in [0.15, 0.2) is 0 Å². The van der Waals surface area contributed by atoms with Gasteiger partial charge in [-0.05, 0) is 18.2 Å². The maximum absolute atomic E-state index is 6.04. The molecule has 0 spiro atoms. The number of nitrogens with one attached hydrogen (secondary N) is 1. The average molecular weight is 270 g/mol. The quantitative estimate of drug-likeness (QED) is 0.891. The van der Waals surface area contributed by atoms with Crippen LogP contribution in [0.5, 0.6) is 5.75 Å². The third-order valence-electron chi connectivity index (χ3n) is 2.90. The van der Waals surface area contributed by atoms with E-state index in [0.29, 0.717) is 12.6 Å². The molecular formula is C14H20ClNO2. The second kappa shape index (κ2) is 6.41. The molecule has 0 bridgehead atoms. The van der Waals surface area contributed by atoms with E-state index in [-0.39, 0.29) is 6.10 Å². The lowest BCUT2D eigenvalue weighted by atomic mass is 10.2. The molecular weight excluding hydrogens is 250 g/mol. The van der Waals surface area contributed by atoms with Crippen molar-refractivity contribution in [3.63, 3.8) is 0 Å². The second-order valence-electron chi connectivity index (χ2n) is 4.89. The van der Waals surface area contributed by atoms with E-state index in [2.05, 4.69) is 19.2 Å². The average Bonchev–Trinajstić information content (AvgIpc) is 2.82. The van der Waals surface area contributed by atoms with Gasteiger partial charge in [0, 0.05) is 29.6 Å². The van der Waals surface area contributed by atoms with Crippen molar-refractivity contribution < 1.29 is 9.47 Å². The Hall–Kier alpha value is -0.770. The zero-order chi connectivity index (χ0) is 13.0. The lowest BCUT2D eigenvalue weighted by Gasteiger charge is -2.17. The molecule has 1 unspecified atom stereocenters. The summed E-state index contributed by atoms with van der Waals surface area (Å²) in [7, 11) is 0. The van der Waals surface area contributed by atoms with E-state index >= 15 is 0 Å². The maximum atomic E-state index is 6.04. The summed E-state index contributed by atoms with van der Waals surface area (Å²) in [5.41, 5.74) is 1.10. The summed E-state index contributed by atoms with van der Waals surface area (Å²) >= 11 is 6.04. The van der Waals surface area contributed by atoms with Crippen LogP contribution in [0.15, 0.2) is 18.2 Å². The normalized spacial score (nSPS) is 19.4. The zero-order valence-electron chi connectivity index (χ0n) is 10.9. The number of benzene rings is 1. The van der Waals surface area contributed by atoms with Gasteiger partial charge < -0.3 is 14.8 Å². The summed E-state index contributed by atoms with van der Waals surface area (Å²) in [5, 5.41) is 4.13. The molecule has 0 radical (unpaired) electrons. The molecule has 2 rings (SSSR count). The molecule has 1 atom stereocenters. The van der Waals surface area contributed by atoms with Crippen molar-refractivity contribution >= 4 is 11.6 Å². The van der Waals surface area contributed by atoms with Crippen molar-refractivity contribution in [2.24, 2.45) is 0 Å². The molecule has 3 nitrogen and oxygen atoms in total. The van der Waals surface area contributed by atoms with Crippen LogP contribution in [0.4, 0.5) is 0 Å². The molecule has 18 heavy (non-hydrogen) atoms. The highest BCUT2D eigenvalue weighted by Gasteiger charge is 2.18. The van der Waals surface area contributed by atoms with Gasteiger partial charge in [-0.2, -0.15) is 0 Å². The van der Waals surface area contributed by atoms with Crippen LogP contribution in [-0.2, 0) is 11.3 Å². The van der Waals surface area contributed by atoms with E-state index < -0.39 is 0 Å². The maximum Gasteiger partial charge on any atom is 0.124 e. The van der Waals surface area contributed by atoms with Crippen LogP contribution in [-0.4, -0.2) is 25.4 Å². The van der Waals surface area contributed by atoms with Crippen LogP contribution < -0.4 is 10.1 Å². The van der Waals surface area contributed by atoms with E-state index in [0.717, 1.165) is 35.9 Å². The van der Waals surface area contributed by atoms with E-state index in [1.807, 2.05) is 18.2 Å². The summed E-state index contributed by atoms with van der Waals surface area (Å²) < 4.78 is 11.3. The summed E-state index contributed by atoms with van der Waals surface area (Å²) in [6.07, 6.45) is 1.13. The second-order valence-corrected chi connectivity index (χ2v) is 5.33. The highest BCUT2D eigenvalue weighted by molar-refractivity contribution is 6.30. The Morgan fingerprint density at radius 3 is 3.00 bits per heavy atom. The number of halogens is 1. The Balaban J connectivity index is 2.06. The fraction of sp³-hybridized carbons (Fsp3) is 0.571. The molecule has 1 aromatic rings. The standard InChI is InChI=1S/C14H20ClNO2/c1-10(2)16-8-11-7-12(15)3-4-14(11)18-13-5-6-17-9-13/h3-4,7,10,13,16H,5-6,8-9H2,1-2H3. The highest BCUT2D eigenvalue weighted by atomic mass is 35.5. The monoisotopic (exact) mass is 269 g/mol. The van der Waals surface area contributed by atoms with Crippen molar-refractivity contribution in [3.05, 3.63) is 28.8 Å². The number of hydrogen-bond acceptors (Lipinski definition) is 3. The predicted octanol–water partition coefficient (Wildman–Crippen LogP) is 3.01. The smallest absolute Gasteiger partial charge is 0.124 e. The molecule has 0 saturated carbocycles. The molecule has 4 heteroatoms. The largest absolute Gasteiger partial charge is 0.488 e. The van der Waals surface area contributed by atoms with E-state index in [4.69, 9.17) is 21.1 Å². The van der Waals surface area contributed by atoms with Gasteiger partial charge in [-0.1, -0.05) is 25.4 Å². The van der Waals surface area contributed by atoms with Gasteiger partial charge in [0.25, 0.3) is 0 Å². The van der Waals surface area contributed by atoms with Gasteiger partial charge in [0.2, 0.25) is 0 Å².